The Labute approximate surface area is 222 Å². The summed E-state index contributed by atoms with van der Waals surface area (Å²) in [5, 5.41) is 7.68. The van der Waals surface area contributed by atoms with Crippen molar-refractivity contribution in [3.63, 3.8) is 0 Å². The second-order valence-electron chi connectivity index (χ2n) is 8.34. The molecule has 3 aromatic carbocycles. The summed E-state index contributed by atoms with van der Waals surface area (Å²) in [6.07, 6.45) is 1.44. The quantitative estimate of drug-likeness (QED) is 0.244. The van der Waals surface area contributed by atoms with E-state index in [0.29, 0.717) is 44.2 Å². The third-order valence-electron chi connectivity index (χ3n) is 5.88. The van der Waals surface area contributed by atoms with Gasteiger partial charge in [-0.15, -0.1) is 0 Å². The number of hydrogen-bond donors (Lipinski definition) is 2. The number of para-hydroxylation sites is 1. The molecule has 0 fully saturated rings. The van der Waals surface area contributed by atoms with Gasteiger partial charge in [0.25, 0.3) is 11.5 Å². The first-order valence-electron chi connectivity index (χ1n) is 11.5. The molecule has 1 atom stereocenters. The van der Waals surface area contributed by atoms with Gasteiger partial charge < -0.3 is 10.6 Å². The van der Waals surface area contributed by atoms with Crippen molar-refractivity contribution in [3.8, 4) is 5.69 Å². The summed E-state index contributed by atoms with van der Waals surface area (Å²) in [5.74, 6) is -0.00111. The van der Waals surface area contributed by atoms with Gasteiger partial charge in [0.05, 0.1) is 22.6 Å². The number of halogens is 2. The van der Waals surface area contributed by atoms with Crippen LogP contribution < -0.4 is 16.2 Å². The van der Waals surface area contributed by atoms with Crippen LogP contribution in [0.4, 0.5) is 11.5 Å². The molecular formula is C28H21Cl2N5O2. The molecule has 0 spiro atoms. The highest BCUT2D eigenvalue weighted by Crippen LogP contribution is 2.29. The number of fused-ring (bicyclic) bond motifs is 1. The van der Waals surface area contributed by atoms with E-state index < -0.39 is 6.04 Å². The summed E-state index contributed by atoms with van der Waals surface area (Å²) in [7, 11) is 0. The van der Waals surface area contributed by atoms with Crippen molar-refractivity contribution < 1.29 is 4.79 Å². The van der Waals surface area contributed by atoms with Crippen LogP contribution in [0.3, 0.4) is 0 Å². The van der Waals surface area contributed by atoms with Crippen molar-refractivity contribution in [1.82, 2.24) is 14.5 Å². The Bertz CT molecular complexity index is 1660. The summed E-state index contributed by atoms with van der Waals surface area (Å²) < 4.78 is 1.62. The molecule has 37 heavy (non-hydrogen) atoms. The first-order valence-corrected chi connectivity index (χ1v) is 12.2. The lowest BCUT2D eigenvalue weighted by molar-refractivity contribution is 0.102. The first-order chi connectivity index (χ1) is 17.9. The lowest BCUT2D eigenvalue weighted by atomic mass is 10.1. The van der Waals surface area contributed by atoms with Crippen molar-refractivity contribution in [2.24, 2.45) is 0 Å². The summed E-state index contributed by atoms with van der Waals surface area (Å²) in [4.78, 5) is 34.8. The van der Waals surface area contributed by atoms with E-state index in [0.717, 1.165) is 0 Å². The van der Waals surface area contributed by atoms with Gasteiger partial charge in [0.1, 0.15) is 5.69 Å². The fourth-order valence-electron chi connectivity index (χ4n) is 4.13. The predicted octanol–water partition coefficient (Wildman–Crippen LogP) is 6.51. The van der Waals surface area contributed by atoms with Crippen LogP contribution in [0.2, 0.25) is 10.3 Å². The van der Waals surface area contributed by atoms with E-state index in [1.807, 2.05) is 55.5 Å². The molecule has 5 rings (SSSR count). The minimum atomic E-state index is -0.436. The molecule has 1 unspecified atom stereocenters. The Balaban J connectivity index is 1.58. The highest BCUT2D eigenvalue weighted by molar-refractivity contribution is 6.35. The van der Waals surface area contributed by atoms with Crippen LogP contribution in [0.5, 0.6) is 0 Å². The van der Waals surface area contributed by atoms with E-state index in [4.69, 9.17) is 23.2 Å². The maximum atomic E-state index is 13.7. The van der Waals surface area contributed by atoms with Crippen LogP contribution in [-0.2, 0) is 0 Å². The van der Waals surface area contributed by atoms with E-state index in [9.17, 15) is 9.59 Å². The Morgan fingerprint density at radius 3 is 2.38 bits per heavy atom. The van der Waals surface area contributed by atoms with Gasteiger partial charge in [-0.3, -0.25) is 14.2 Å². The van der Waals surface area contributed by atoms with E-state index in [1.54, 1.807) is 41.0 Å². The number of rotatable bonds is 6. The zero-order valence-electron chi connectivity index (χ0n) is 19.7. The molecule has 184 valence electrons. The van der Waals surface area contributed by atoms with Gasteiger partial charge in [-0.2, -0.15) is 4.98 Å². The van der Waals surface area contributed by atoms with Gasteiger partial charge in [0.15, 0.2) is 5.82 Å². The lowest BCUT2D eigenvalue weighted by Gasteiger charge is -2.22. The van der Waals surface area contributed by atoms with Crippen LogP contribution in [-0.4, -0.2) is 20.4 Å². The molecule has 5 aromatic rings. The number of benzene rings is 3. The van der Waals surface area contributed by atoms with Gasteiger partial charge in [0, 0.05) is 16.9 Å². The molecule has 0 saturated heterocycles. The first kappa shape index (κ1) is 24.5. The van der Waals surface area contributed by atoms with Gasteiger partial charge in [-0.05, 0) is 60.3 Å². The molecule has 0 bridgehead atoms. The van der Waals surface area contributed by atoms with Gasteiger partial charge >= 0.3 is 0 Å². The van der Waals surface area contributed by atoms with E-state index in [2.05, 4.69) is 20.6 Å². The summed E-state index contributed by atoms with van der Waals surface area (Å²) in [6.45, 7) is 1.89. The summed E-state index contributed by atoms with van der Waals surface area (Å²) in [5.41, 5.74) is 1.96. The van der Waals surface area contributed by atoms with Crippen LogP contribution in [0.15, 0.2) is 95.9 Å². The van der Waals surface area contributed by atoms with E-state index in [1.165, 1.54) is 6.20 Å². The number of pyridine rings is 1. The normalized spacial score (nSPS) is 11.8. The van der Waals surface area contributed by atoms with E-state index in [-0.39, 0.29) is 16.8 Å². The van der Waals surface area contributed by atoms with Crippen LogP contribution in [0, 0.1) is 0 Å². The number of anilines is 2. The molecule has 2 heterocycles. The second-order valence-corrected chi connectivity index (χ2v) is 9.08. The van der Waals surface area contributed by atoms with Crippen molar-refractivity contribution in [2.45, 2.75) is 13.0 Å². The number of nitrogens with one attached hydrogen (secondary N) is 2. The molecule has 0 aliphatic carbocycles. The van der Waals surface area contributed by atoms with Crippen molar-refractivity contribution in [1.29, 1.82) is 0 Å². The Hall–Kier alpha value is -4.20. The number of nitrogens with zero attached hydrogens (tertiary/aromatic N) is 3. The van der Waals surface area contributed by atoms with Crippen molar-refractivity contribution >= 4 is 51.4 Å². The molecule has 7 nitrogen and oxygen atoms in total. The third kappa shape index (κ3) is 5.05. The molecule has 9 heteroatoms. The number of aromatic nitrogens is 3. The maximum Gasteiger partial charge on any atom is 0.264 e. The van der Waals surface area contributed by atoms with Crippen LogP contribution in [0.1, 0.15) is 29.0 Å². The molecule has 1 amide bonds. The number of carbonyl (C=O) groups is 1. The number of amides is 1. The largest absolute Gasteiger partial charge is 0.360 e. The van der Waals surface area contributed by atoms with Crippen LogP contribution >= 0.6 is 23.2 Å². The zero-order chi connectivity index (χ0) is 25.9. The summed E-state index contributed by atoms with van der Waals surface area (Å²) >= 11 is 12.5. The Morgan fingerprint density at radius 2 is 1.65 bits per heavy atom. The SMILES string of the molecule is CC(Nc1nc(Cl)ncc1NC(=O)c1ccccc1)c1cc2cccc(Cl)c2c(=O)n1-c1ccccc1. The molecule has 0 aliphatic heterocycles. The number of hydrogen-bond acceptors (Lipinski definition) is 5. The molecule has 2 aromatic heterocycles. The Kier molecular flexibility index (Phi) is 6.90. The van der Waals surface area contributed by atoms with E-state index >= 15 is 0 Å². The molecular weight excluding hydrogens is 509 g/mol. The standard InChI is InChI=1S/C28H21Cl2N5O2/c1-17(32-25-22(16-31-28(30)34-25)33-26(36)18-9-4-2-5-10-18)23-15-19-11-8-14-21(29)24(19)27(37)35(23)20-12-6-3-7-13-20/h2-17H,1H3,(H,33,36)(H,31,32,34). The minimum Gasteiger partial charge on any atom is -0.360 e. The number of carbonyl (C=O) groups excluding carboxylic acids is 1. The topological polar surface area (TPSA) is 88.9 Å². The van der Waals surface area contributed by atoms with Crippen molar-refractivity contribution in [3.05, 3.63) is 123 Å². The van der Waals surface area contributed by atoms with Crippen LogP contribution in [0.25, 0.3) is 16.5 Å². The zero-order valence-corrected chi connectivity index (χ0v) is 21.2. The second kappa shape index (κ2) is 10.4. The maximum absolute atomic E-state index is 13.7. The molecule has 0 radical (unpaired) electrons. The third-order valence-corrected chi connectivity index (χ3v) is 6.38. The molecule has 0 saturated carbocycles. The monoisotopic (exact) mass is 529 g/mol. The fourth-order valence-corrected chi connectivity index (χ4v) is 4.52. The molecule has 2 N–H and O–H groups in total. The average molecular weight is 530 g/mol. The average Bonchev–Trinajstić information content (AvgIpc) is 2.91. The van der Waals surface area contributed by atoms with Crippen molar-refractivity contribution in [2.75, 3.05) is 10.6 Å². The summed E-state index contributed by atoms with van der Waals surface area (Å²) in [6, 6.07) is 25.0. The lowest BCUT2D eigenvalue weighted by Crippen LogP contribution is -2.26. The molecule has 0 aliphatic rings. The highest BCUT2D eigenvalue weighted by atomic mass is 35.5. The van der Waals surface area contributed by atoms with Gasteiger partial charge in [-0.25, -0.2) is 4.98 Å². The van der Waals surface area contributed by atoms with Gasteiger partial charge in [0.2, 0.25) is 5.28 Å². The smallest absolute Gasteiger partial charge is 0.264 e. The highest BCUT2D eigenvalue weighted by Gasteiger charge is 2.20. The fraction of sp³-hybridized carbons (Fsp3) is 0.0714. The predicted molar refractivity (Wildman–Crippen MR) is 148 cm³/mol. The Morgan fingerprint density at radius 1 is 0.946 bits per heavy atom. The van der Waals surface area contributed by atoms with Gasteiger partial charge in [-0.1, -0.05) is 60.1 Å². The minimum absolute atomic E-state index is 0.0122.